The average Bonchev–Trinajstić information content (AvgIpc) is 2.67. The van der Waals surface area contributed by atoms with Crippen molar-refractivity contribution in [1.82, 2.24) is 0 Å². The molecule has 2 unspecified atom stereocenters. The smallest absolute Gasteiger partial charge is 0.668 e. The summed E-state index contributed by atoms with van der Waals surface area (Å²) in [7, 11) is 7.96. The Balaban J connectivity index is -0.000000139. The van der Waals surface area contributed by atoms with Gasteiger partial charge in [0.25, 0.3) is 0 Å². The zero-order chi connectivity index (χ0) is 14.6. The predicted molar refractivity (Wildman–Crippen MR) is 104 cm³/mol. The summed E-state index contributed by atoms with van der Waals surface area (Å²) in [5.41, 5.74) is 1.03. The van der Waals surface area contributed by atoms with Crippen molar-refractivity contribution in [2.24, 2.45) is 0 Å². The zero-order valence-electron chi connectivity index (χ0n) is 14.7. The summed E-state index contributed by atoms with van der Waals surface area (Å²) in [6, 6.07) is 0. The Bertz CT molecular complexity index is 184. The topological polar surface area (TPSA) is 42.3 Å². The second-order valence-corrected chi connectivity index (χ2v) is 12.0. The molecule has 1 aliphatic carbocycles. The van der Waals surface area contributed by atoms with Crippen LogP contribution < -0.4 is 0 Å². The molecule has 0 aliphatic heterocycles. The summed E-state index contributed by atoms with van der Waals surface area (Å²) in [6.07, 6.45) is 5.54. The number of nitrogens with zero attached hydrogens (tertiary/aromatic N) is 3. The molecule has 0 amide bonds. The molecular weight excluding hydrogens is 544 g/mol. The minimum atomic E-state index is -1.01. The second-order valence-electron chi connectivity index (χ2n) is 5.41. The van der Waals surface area contributed by atoms with Crippen molar-refractivity contribution < 1.29 is 25.8 Å². The molecule has 1 saturated carbocycles. The molecule has 20 heavy (non-hydrogen) atoms. The number of hydrogen-bond donors (Lipinski definition) is 0. The van der Waals surface area contributed by atoms with E-state index in [1.54, 1.807) is 28.2 Å². The molecule has 0 heterocycles. The van der Waals surface area contributed by atoms with Crippen LogP contribution in [-0.2, 0) is 25.8 Å². The van der Waals surface area contributed by atoms with Gasteiger partial charge in [0.05, 0.1) is 0 Å². The molecule has 3 nitrogen and oxygen atoms in total. The Hall–Kier alpha value is 1.70. The van der Waals surface area contributed by atoms with Gasteiger partial charge in [-0.25, -0.2) is 0 Å². The summed E-state index contributed by atoms with van der Waals surface area (Å²) in [4.78, 5) is 0. The first kappa shape index (κ1) is 29.7. The van der Waals surface area contributed by atoms with Crippen molar-refractivity contribution in [1.29, 1.82) is 0 Å². The third-order valence-electron chi connectivity index (χ3n) is 3.00. The van der Waals surface area contributed by atoms with Crippen LogP contribution in [0.4, 0.5) is 0 Å². The summed E-state index contributed by atoms with van der Waals surface area (Å²) in [6.45, 7) is 5.00. The van der Waals surface area contributed by atoms with Crippen molar-refractivity contribution in [2.75, 3.05) is 41.4 Å². The molecule has 0 aromatic heterocycles. The SMILES string of the molecule is C[N-]C.C[N-]C.C[N-]C[Si](C)(C)C1CCCC1I.[CH3-].[Hf+4]. The molecule has 1 rings (SSSR count). The van der Waals surface area contributed by atoms with Crippen molar-refractivity contribution in [3.63, 3.8) is 0 Å². The summed E-state index contributed by atoms with van der Waals surface area (Å²) in [5, 5.41) is 11.3. The van der Waals surface area contributed by atoms with Gasteiger partial charge in [-0.3, -0.25) is 0 Å². The third kappa shape index (κ3) is 14.6. The maximum Gasteiger partial charge on any atom is 4.00 e. The monoisotopic (exact) mass is 579 g/mol. The molecule has 0 radical (unpaired) electrons. The minimum absolute atomic E-state index is 0. The van der Waals surface area contributed by atoms with E-state index in [1.165, 1.54) is 19.3 Å². The Labute approximate surface area is 162 Å². The number of hydrogen-bond acceptors (Lipinski definition) is 0. The Kier molecular flexibility index (Phi) is 27.8. The molecule has 6 heteroatoms. The molecule has 0 aromatic rings. The van der Waals surface area contributed by atoms with E-state index in [-0.39, 0.29) is 33.3 Å². The summed E-state index contributed by atoms with van der Waals surface area (Å²) >= 11 is 2.65. The number of halogens is 1. The molecule has 1 aliphatic rings. The van der Waals surface area contributed by atoms with Crippen LogP contribution >= 0.6 is 22.6 Å². The molecule has 0 saturated heterocycles. The van der Waals surface area contributed by atoms with Gasteiger partial charge in [0.15, 0.2) is 0 Å². The van der Waals surface area contributed by atoms with E-state index in [2.05, 4.69) is 51.6 Å². The van der Waals surface area contributed by atoms with E-state index < -0.39 is 8.07 Å². The van der Waals surface area contributed by atoms with E-state index in [4.69, 9.17) is 0 Å². The standard InChI is InChI=1S/C9H19INSi.2C2H6N.CH3.Hf/c1-11-7-12(2,3)9-6-4-5-8(9)10;2*1-3-2;;/h8-9H,4-7H2,1-3H3;2*1-2H3;1H3;/q4*-1;+4. The molecule has 0 spiro atoms. The van der Waals surface area contributed by atoms with Crippen LogP contribution in [0, 0.1) is 7.43 Å². The van der Waals surface area contributed by atoms with E-state index in [9.17, 15) is 0 Å². The molecule has 0 N–H and O–H groups in total. The van der Waals surface area contributed by atoms with Crippen LogP contribution in [0.2, 0.25) is 18.6 Å². The molecular formula is C14H34HfIN3Si. The van der Waals surface area contributed by atoms with Crippen molar-refractivity contribution >= 4 is 30.7 Å². The molecule has 2 atom stereocenters. The van der Waals surface area contributed by atoms with E-state index in [0.29, 0.717) is 0 Å². The molecule has 0 bridgehead atoms. The van der Waals surface area contributed by atoms with Gasteiger partial charge >= 0.3 is 25.8 Å². The normalized spacial score (nSPS) is 20.4. The quantitative estimate of drug-likeness (QED) is 0.190. The van der Waals surface area contributed by atoms with Gasteiger partial charge in [0, 0.05) is 12.0 Å². The van der Waals surface area contributed by atoms with Crippen molar-refractivity contribution in [2.45, 2.75) is 41.8 Å². The van der Waals surface area contributed by atoms with Crippen molar-refractivity contribution in [3.8, 4) is 0 Å². The Morgan fingerprint density at radius 1 is 1.00 bits per heavy atom. The first-order valence-electron chi connectivity index (χ1n) is 6.56. The fourth-order valence-electron chi connectivity index (χ4n) is 2.32. The van der Waals surface area contributed by atoms with Crippen LogP contribution in [0.15, 0.2) is 0 Å². The minimum Gasteiger partial charge on any atom is -0.668 e. The summed E-state index contributed by atoms with van der Waals surface area (Å²) in [5.74, 6) is 0. The van der Waals surface area contributed by atoms with Gasteiger partial charge in [-0.2, -0.15) is 41.4 Å². The largest absolute Gasteiger partial charge is 4.00 e. The van der Waals surface area contributed by atoms with Gasteiger partial charge < -0.3 is 23.4 Å². The van der Waals surface area contributed by atoms with Crippen LogP contribution in [0.1, 0.15) is 19.3 Å². The molecule has 120 valence electrons. The molecule has 1 fully saturated rings. The zero-order valence-corrected chi connectivity index (χ0v) is 21.5. The molecule has 0 aromatic carbocycles. The van der Waals surface area contributed by atoms with Crippen LogP contribution in [0.5, 0.6) is 0 Å². The van der Waals surface area contributed by atoms with E-state index in [0.717, 1.165) is 15.6 Å². The number of alkyl halides is 1. The second kappa shape index (κ2) is 18.7. The third-order valence-corrected chi connectivity index (χ3v) is 9.00. The number of rotatable bonds is 3. The van der Waals surface area contributed by atoms with E-state index >= 15 is 0 Å². The van der Waals surface area contributed by atoms with E-state index in [1.807, 2.05) is 7.05 Å². The fraction of sp³-hybridized carbons (Fsp3) is 0.929. The summed E-state index contributed by atoms with van der Waals surface area (Å²) < 4.78 is 0.950. The Morgan fingerprint density at radius 2 is 1.40 bits per heavy atom. The van der Waals surface area contributed by atoms with Gasteiger partial charge in [0.1, 0.15) is 0 Å². The van der Waals surface area contributed by atoms with Gasteiger partial charge in [-0.1, -0.05) is 48.5 Å². The van der Waals surface area contributed by atoms with Crippen molar-refractivity contribution in [3.05, 3.63) is 23.4 Å². The fourth-order valence-corrected chi connectivity index (χ4v) is 9.22. The maximum atomic E-state index is 4.34. The van der Waals surface area contributed by atoms with Gasteiger partial charge in [0.2, 0.25) is 0 Å². The Morgan fingerprint density at radius 3 is 1.65 bits per heavy atom. The van der Waals surface area contributed by atoms with Gasteiger partial charge in [-0.15, -0.1) is 0 Å². The van der Waals surface area contributed by atoms with Gasteiger partial charge in [-0.05, 0) is 12.0 Å². The van der Waals surface area contributed by atoms with Crippen LogP contribution in [-0.4, -0.2) is 53.4 Å². The predicted octanol–water partition coefficient (Wildman–Crippen LogP) is 5.28. The first-order chi connectivity index (χ1) is 8.40. The van der Waals surface area contributed by atoms with Crippen LogP contribution in [0.25, 0.3) is 16.0 Å². The average molecular weight is 578 g/mol. The first-order valence-corrected chi connectivity index (χ1v) is 11.1. The maximum absolute atomic E-state index is 4.34. The van der Waals surface area contributed by atoms with Crippen LogP contribution in [0.3, 0.4) is 0 Å².